The number of benzene rings is 1. The molecule has 2 atom stereocenters. The highest BCUT2D eigenvalue weighted by molar-refractivity contribution is 9.11. The van der Waals surface area contributed by atoms with Gasteiger partial charge in [-0.25, -0.2) is 4.79 Å². The van der Waals surface area contributed by atoms with E-state index < -0.39 is 17.7 Å². The number of anilines is 1. The third-order valence-corrected chi connectivity index (χ3v) is 4.78. The predicted octanol–water partition coefficient (Wildman–Crippen LogP) is 4.80. The summed E-state index contributed by atoms with van der Waals surface area (Å²) in [5.41, 5.74) is 0.0884. The molecule has 24 heavy (non-hydrogen) atoms. The molecule has 0 spiro atoms. The normalized spacial score (nSPS) is 20.8. The van der Waals surface area contributed by atoms with Gasteiger partial charge in [0, 0.05) is 15.5 Å². The Morgan fingerprint density at radius 3 is 2.54 bits per heavy atom. The van der Waals surface area contributed by atoms with Crippen LogP contribution in [0.4, 0.5) is 10.5 Å². The summed E-state index contributed by atoms with van der Waals surface area (Å²) in [5, 5.41) is 2.89. The van der Waals surface area contributed by atoms with E-state index in [9.17, 15) is 9.59 Å². The van der Waals surface area contributed by atoms with Crippen LogP contribution in [0.15, 0.2) is 27.1 Å². The number of nitrogens with zero attached hydrogens (tertiary/aromatic N) is 1. The number of hydrogen-bond donors (Lipinski definition) is 1. The Kier molecular flexibility index (Phi) is 5.96. The second kappa shape index (κ2) is 7.44. The molecule has 1 aliphatic rings. The van der Waals surface area contributed by atoms with Crippen molar-refractivity contribution in [2.45, 2.75) is 45.8 Å². The first-order chi connectivity index (χ1) is 11.1. The third kappa shape index (κ3) is 4.96. The fourth-order valence-corrected chi connectivity index (χ4v) is 3.77. The maximum atomic E-state index is 12.7. The van der Waals surface area contributed by atoms with Gasteiger partial charge in [-0.1, -0.05) is 22.9 Å². The van der Waals surface area contributed by atoms with Gasteiger partial charge >= 0.3 is 6.09 Å². The number of carbonyl (C=O) groups excluding carboxylic acids is 2. The second-order valence-electron chi connectivity index (χ2n) is 7.10. The largest absolute Gasteiger partial charge is 0.444 e. The van der Waals surface area contributed by atoms with Crippen molar-refractivity contribution in [1.82, 2.24) is 4.90 Å². The molecule has 0 saturated carbocycles. The van der Waals surface area contributed by atoms with Crippen LogP contribution >= 0.6 is 31.9 Å². The van der Waals surface area contributed by atoms with Crippen molar-refractivity contribution >= 4 is 49.5 Å². The van der Waals surface area contributed by atoms with Gasteiger partial charge in [-0.15, -0.1) is 0 Å². The number of likely N-dealkylation sites (tertiary alicyclic amines) is 1. The Bertz CT molecular complexity index is 643. The van der Waals surface area contributed by atoms with Gasteiger partial charge in [0.15, 0.2) is 0 Å². The molecule has 1 aliphatic heterocycles. The van der Waals surface area contributed by atoms with E-state index in [4.69, 9.17) is 4.74 Å². The monoisotopic (exact) mass is 460 g/mol. The summed E-state index contributed by atoms with van der Waals surface area (Å²) < 4.78 is 7.12. The summed E-state index contributed by atoms with van der Waals surface area (Å²) in [6.07, 6.45) is 0.182. The number of carbonyl (C=O) groups is 2. The van der Waals surface area contributed by atoms with E-state index in [2.05, 4.69) is 37.2 Å². The van der Waals surface area contributed by atoms with Crippen molar-refractivity contribution in [2.75, 3.05) is 11.9 Å². The van der Waals surface area contributed by atoms with Gasteiger partial charge in [0.25, 0.3) is 0 Å². The summed E-state index contributed by atoms with van der Waals surface area (Å²) in [7, 11) is 0. The fourth-order valence-electron chi connectivity index (χ4n) is 2.62. The Morgan fingerprint density at radius 2 is 1.96 bits per heavy atom. The van der Waals surface area contributed by atoms with Crippen LogP contribution in [0.2, 0.25) is 0 Å². The molecule has 0 bridgehead atoms. The van der Waals surface area contributed by atoms with Crippen LogP contribution < -0.4 is 5.32 Å². The van der Waals surface area contributed by atoms with E-state index in [1.165, 1.54) is 4.90 Å². The molecular weight excluding hydrogens is 440 g/mol. The molecule has 0 aromatic heterocycles. The average molecular weight is 462 g/mol. The van der Waals surface area contributed by atoms with E-state index in [0.29, 0.717) is 18.7 Å². The Hall–Kier alpha value is -1.08. The summed E-state index contributed by atoms with van der Waals surface area (Å²) in [6.45, 7) is 8.00. The number of ether oxygens (including phenoxy) is 1. The molecular formula is C17H22Br2N2O3. The van der Waals surface area contributed by atoms with E-state index in [-0.39, 0.29) is 11.8 Å². The highest BCUT2D eigenvalue weighted by Crippen LogP contribution is 2.29. The molecule has 1 heterocycles. The summed E-state index contributed by atoms with van der Waals surface area (Å²) in [6, 6.07) is 5.00. The first-order valence-electron chi connectivity index (χ1n) is 7.82. The fraction of sp³-hybridized carbons (Fsp3) is 0.529. The topological polar surface area (TPSA) is 58.6 Å². The standard InChI is InChI=1S/C17H22Br2N2O3/c1-10-7-14(21(9-10)16(23)24-17(2,3)4)15(22)20-13-6-5-11(18)8-12(13)19/h5-6,8,10,14H,7,9H2,1-4H3,(H,20,22). The lowest BCUT2D eigenvalue weighted by atomic mass is 10.1. The van der Waals surface area contributed by atoms with Crippen LogP contribution in [0.3, 0.4) is 0 Å². The van der Waals surface area contributed by atoms with Gasteiger partial charge in [0.1, 0.15) is 11.6 Å². The van der Waals surface area contributed by atoms with Crippen molar-refractivity contribution in [3.8, 4) is 0 Å². The van der Waals surface area contributed by atoms with Crippen molar-refractivity contribution in [2.24, 2.45) is 5.92 Å². The summed E-state index contributed by atoms with van der Waals surface area (Å²) in [4.78, 5) is 26.6. The molecule has 1 saturated heterocycles. The van der Waals surface area contributed by atoms with E-state index in [1.54, 1.807) is 0 Å². The zero-order valence-electron chi connectivity index (χ0n) is 14.2. The number of amides is 2. The molecule has 5 nitrogen and oxygen atoms in total. The number of rotatable bonds is 2. The van der Waals surface area contributed by atoms with Crippen molar-refractivity contribution in [1.29, 1.82) is 0 Å². The number of halogens is 2. The highest BCUT2D eigenvalue weighted by atomic mass is 79.9. The van der Waals surface area contributed by atoms with Crippen LogP contribution in [-0.2, 0) is 9.53 Å². The minimum atomic E-state index is -0.585. The van der Waals surface area contributed by atoms with Crippen LogP contribution in [0.5, 0.6) is 0 Å². The lowest BCUT2D eigenvalue weighted by Gasteiger charge is -2.28. The maximum Gasteiger partial charge on any atom is 0.410 e. The van der Waals surface area contributed by atoms with Gasteiger partial charge in [-0.3, -0.25) is 9.69 Å². The van der Waals surface area contributed by atoms with Crippen molar-refractivity contribution < 1.29 is 14.3 Å². The quantitative estimate of drug-likeness (QED) is 0.688. The molecule has 132 valence electrons. The third-order valence-electron chi connectivity index (χ3n) is 3.63. The molecule has 1 aromatic rings. The van der Waals surface area contributed by atoms with Gasteiger partial charge in [-0.05, 0) is 67.2 Å². The van der Waals surface area contributed by atoms with Gasteiger partial charge in [0.05, 0.1) is 5.69 Å². The molecule has 1 fully saturated rings. The predicted molar refractivity (Wildman–Crippen MR) is 101 cm³/mol. The molecule has 2 rings (SSSR count). The number of hydrogen-bond acceptors (Lipinski definition) is 3. The van der Waals surface area contributed by atoms with E-state index >= 15 is 0 Å². The van der Waals surface area contributed by atoms with Crippen molar-refractivity contribution in [3.05, 3.63) is 27.1 Å². The minimum absolute atomic E-state index is 0.201. The van der Waals surface area contributed by atoms with Gasteiger partial charge in [0.2, 0.25) is 5.91 Å². The molecule has 7 heteroatoms. The van der Waals surface area contributed by atoms with Crippen LogP contribution in [0.25, 0.3) is 0 Å². The molecule has 0 aliphatic carbocycles. The van der Waals surface area contributed by atoms with Gasteiger partial charge in [-0.2, -0.15) is 0 Å². The lowest BCUT2D eigenvalue weighted by molar-refractivity contribution is -0.120. The maximum absolute atomic E-state index is 12.7. The summed E-state index contributed by atoms with van der Waals surface area (Å²) >= 11 is 6.81. The van der Waals surface area contributed by atoms with Gasteiger partial charge < -0.3 is 10.1 Å². The Labute approximate surface area is 159 Å². The SMILES string of the molecule is CC1CC(C(=O)Nc2ccc(Br)cc2Br)N(C(=O)OC(C)(C)C)C1. The number of nitrogens with one attached hydrogen (secondary N) is 1. The summed E-state index contributed by atoms with van der Waals surface area (Å²) in [5.74, 6) is 0.0508. The lowest BCUT2D eigenvalue weighted by Crippen LogP contribution is -2.45. The molecule has 2 unspecified atom stereocenters. The molecule has 0 radical (unpaired) electrons. The Balaban J connectivity index is 2.12. The van der Waals surface area contributed by atoms with Crippen LogP contribution in [0, 0.1) is 5.92 Å². The van der Waals surface area contributed by atoms with E-state index in [0.717, 1.165) is 8.95 Å². The second-order valence-corrected chi connectivity index (χ2v) is 8.87. The first-order valence-corrected chi connectivity index (χ1v) is 9.41. The van der Waals surface area contributed by atoms with Crippen LogP contribution in [-0.4, -0.2) is 35.1 Å². The highest BCUT2D eigenvalue weighted by Gasteiger charge is 2.40. The van der Waals surface area contributed by atoms with Crippen molar-refractivity contribution in [3.63, 3.8) is 0 Å². The smallest absolute Gasteiger partial charge is 0.410 e. The molecule has 1 aromatic carbocycles. The molecule has 2 amide bonds. The Morgan fingerprint density at radius 1 is 1.29 bits per heavy atom. The average Bonchev–Trinajstić information content (AvgIpc) is 2.82. The molecule has 1 N–H and O–H groups in total. The zero-order valence-corrected chi connectivity index (χ0v) is 17.4. The van der Waals surface area contributed by atoms with Crippen LogP contribution in [0.1, 0.15) is 34.1 Å². The zero-order chi connectivity index (χ0) is 18.1. The van der Waals surface area contributed by atoms with E-state index in [1.807, 2.05) is 45.9 Å². The first kappa shape index (κ1) is 19.2. The minimum Gasteiger partial charge on any atom is -0.444 e.